The minimum absolute atomic E-state index is 0.231. The van der Waals surface area contributed by atoms with Crippen molar-refractivity contribution in [3.63, 3.8) is 0 Å². The highest BCUT2D eigenvalue weighted by Gasteiger charge is 2.02. The average molecular weight is 219 g/mol. The predicted octanol–water partition coefficient (Wildman–Crippen LogP) is 2.65. The minimum Gasteiger partial charge on any atom is -0.377 e. The van der Waals surface area contributed by atoms with Crippen LogP contribution < -0.4 is 5.32 Å². The highest BCUT2D eigenvalue weighted by atomic mass is 19.1. The van der Waals surface area contributed by atoms with Gasteiger partial charge in [0.1, 0.15) is 5.82 Å². The molecule has 0 spiro atoms. The Labute approximate surface area is 93.9 Å². The van der Waals surface area contributed by atoms with E-state index in [0.717, 1.165) is 12.2 Å². The third-order valence-corrected chi connectivity index (χ3v) is 2.47. The molecule has 3 nitrogen and oxygen atoms in total. The van der Waals surface area contributed by atoms with Crippen molar-refractivity contribution in [1.29, 1.82) is 0 Å². The quantitative estimate of drug-likeness (QED) is 0.856. The Morgan fingerprint density at radius 1 is 1.38 bits per heavy atom. The van der Waals surface area contributed by atoms with Crippen LogP contribution in [-0.4, -0.2) is 9.55 Å². The van der Waals surface area contributed by atoms with Crippen LogP contribution in [0.15, 0.2) is 36.8 Å². The largest absolute Gasteiger partial charge is 0.377 e. The van der Waals surface area contributed by atoms with Crippen LogP contribution in [0.1, 0.15) is 12.6 Å². The molecular weight excluding hydrogens is 205 g/mol. The van der Waals surface area contributed by atoms with Crippen molar-refractivity contribution in [3.05, 3.63) is 48.3 Å². The zero-order valence-electron chi connectivity index (χ0n) is 9.15. The molecule has 16 heavy (non-hydrogen) atoms. The molecule has 0 saturated heterocycles. The van der Waals surface area contributed by atoms with Crippen molar-refractivity contribution in [2.24, 2.45) is 0 Å². The molecule has 84 valence electrons. The van der Waals surface area contributed by atoms with Gasteiger partial charge in [0.15, 0.2) is 0 Å². The smallest absolute Gasteiger partial charge is 0.146 e. The number of nitrogens with zero attached hydrogens (tertiary/aromatic N) is 2. The van der Waals surface area contributed by atoms with Crippen LogP contribution in [0.4, 0.5) is 10.1 Å². The molecule has 0 amide bonds. The highest BCUT2D eigenvalue weighted by Crippen LogP contribution is 2.13. The summed E-state index contributed by atoms with van der Waals surface area (Å²) in [6.45, 7) is 3.50. The Balaban J connectivity index is 2.05. The standard InChI is InChI=1S/C12H14FN3/c1-2-16-9-14-7-10(16)8-15-12-6-4-3-5-11(12)13/h3-7,9,15H,2,8H2,1H3. The highest BCUT2D eigenvalue weighted by molar-refractivity contribution is 5.44. The number of para-hydroxylation sites is 1. The summed E-state index contributed by atoms with van der Waals surface area (Å²) in [6.07, 6.45) is 3.57. The minimum atomic E-state index is -0.231. The third kappa shape index (κ3) is 2.21. The summed E-state index contributed by atoms with van der Waals surface area (Å²) in [6, 6.07) is 6.65. The maximum absolute atomic E-state index is 13.3. The Morgan fingerprint density at radius 3 is 2.94 bits per heavy atom. The first-order valence-electron chi connectivity index (χ1n) is 5.28. The zero-order chi connectivity index (χ0) is 11.4. The van der Waals surface area contributed by atoms with E-state index in [0.29, 0.717) is 12.2 Å². The third-order valence-electron chi connectivity index (χ3n) is 2.47. The van der Waals surface area contributed by atoms with Crippen LogP contribution in [0.3, 0.4) is 0 Å². The molecular formula is C12H14FN3. The monoisotopic (exact) mass is 219 g/mol. The van der Waals surface area contributed by atoms with Gasteiger partial charge < -0.3 is 9.88 Å². The van der Waals surface area contributed by atoms with E-state index in [9.17, 15) is 4.39 Å². The number of aromatic nitrogens is 2. The molecule has 0 saturated carbocycles. The lowest BCUT2D eigenvalue weighted by atomic mass is 10.3. The van der Waals surface area contributed by atoms with Crippen LogP contribution in [0.25, 0.3) is 0 Å². The topological polar surface area (TPSA) is 29.9 Å². The number of anilines is 1. The van der Waals surface area contributed by atoms with E-state index in [1.165, 1.54) is 6.07 Å². The number of aryl methyl sites for hydroxylation is 1. The molecule has 2 aromatic rings. The van der Waals surface area contributed by atoms with Gasteiger partial charge >= 0.3 is 0 Å². The Hall–Kier alpha value is -1.84. The maximum atomic E-state index is 13.3. The maximum Gasteiger partial charge on any atom is 0.146 e. The van der Waals surface area contributed by atoms with Crippen molar-refractivity contribution in [2.75, 3.05) is 5.32 Å². The van der Waals surface area contributed by atoms with Gasteiger partial charge in [-0.15, -0.1) is 0 Å². The Morgan fingerprint density at radius 2 is 2.19 bits per heavy atom. The Kier molecular flexibility index (Phi) is 3.19. The normalized spacial score (nSPS) is 10.4. The van der Waals surface area contributed by atoms with Gasteiger partial charge in [-0.25, -0.2) is 9.37 Å². The van der Waals surface area contributed by atoms with Crippen LogP contribution in [0.2, 0.25) is 0 Å². The summed E-state index contributed by atoms with van der Waals surface area (Å²) in [5.74, 6) is -0.231. The van der Waals surface area contributed by atoms with Crippen molar-refractivity contribution in [1.82, 2.24) is 9.55 Å². The number of hydrogen-bond acceptors (Lipinski definition) is 2. The number of hydrogen-bond donors (Lipinski definition) is 1. The zero-order valence-corrected chi connectivity index (χ0v) is 9.15. The van der Waals surface area contributed by atoms with Crippen LogP contribution >= 0.6 is 0 Å². The fourth-order valence-electron chi connectivity index (χ4n) is 1.57. The fourth-order valence-corrected chi connectivity index (χ4v) is 1.57. The summed E-state index contributed by atoms with van der Waals surface area (Å²) in [5.41, 5.74) is 1.57. The van der Waals surface area contributed by atoms with E-state index in [-0.39, 0.29) is 5.82 Å². The molecule has 0 radical (unpaired) electrons. The summed E-state index contributed by atoms with van der Waals surface area (Å²) in [5, 5.41) is 3.05. The van der Waals surface area contributed by atoms with Crippen LogP contribution in [0, 0.1) is 5.82 Å². The lowest BCUT2D eigenvalue weighted by molar-refractivity contribution is 0.629. The SMILES string of the molecule is CCn1cncc1CNc1ccccc1F. The molecule has 0 bridgehead atoms. The molecule has 0 aliphatic heterocycles. The van der Waals surface area contributed by atoms with Crippen molar-refractivity contribution >= 4 is 5.69 Å². The lowest BCUT2D eigenvalue weighted by Crippen LogP contribution is -2.06. The van der Waals surface area contributed by atoms with E-state index in [1.807, 2.05) is 17.6 Å². The first-order valence-corrected chi connectivity index (χ1v) is 5.28. The van der Waals surface area contributed by atoms with Gasteiger partial charge in [0.25, 0.3) is 0 Å². The summed E-state index contributed by atoms with van der Waals surface area (Å²) in [4.78, 5) is 4.06. The van der Waals surface area contributed by atoms with Gasteiger partial charge in [0.05, 0.1) is 24.3 Å². The molecule has 0 unspecified atom stereocenters. The molecule has 0 aliphatic carbocycles. The first-order chi connectivity index (χ1) is 7.81. The van der Waals surface area contributed by atoms with E-state index >= 15 is 0 Å². The predicted molar refractivity (Wildman–Crippen MR) is 61.6 cm³/mol. The fraction of sp³-hybridized carbons (Fsp3) is 0.250. The van der Waals surface area contributed by atoms with Gasteiger partial charge in [-0.1, -0.05) is 12.1 Å². The van der Waals surface area contributed by atoms with Gasteiger partial charge in [-0.2, -0.15) is 0 Å². The van der Waals surface area contributed by atoms with E-state index in [1.54, 1.807) is 24.7 Å². The van der Waals surface area contributed by atoms with Crippen molar-refractivity contribution < 1.29 is 4.39 Å². The molecule has 4 heteroatoms. The molecule has 1 heterocycles. The van der Waals surface area contributed by atoms with Crippen LogP contribution in [0.5, 0.6) is 0 Å². The lowest BCUT2D eigenvalue weighted by Gasteiger charge is -2.08. The summed E-state index contributed by atoms with van der Waals surface area (Å²) >= 11 is 0. The van der Waals surface area contributed by atoms with Crippen molar-refractivity contribution in [2.45, 2.75) is 20.0 Å². The molecule has 1 aromatic carbocycles. The molecule has 0 aliphatic rings. The number of halogens is 1. The Bertz CT molecular complexity index is 465. The van der Waals surface area contributed by atoms with Crippen LogP contribution in [-0.2, 0) is 13.1 Å². The number of rotatable bonds is 4. The van der Waals surface area contributed by atoms with Gasteiger partial charge in [-0.3, -0.25) is 0 Å². The van der Waals surface area contributed by atoms with E-state index in [4.69, 9.17) is 0 Å². The summed E-state index contributed by atoms with van der Waals surface area (Å²) in [7, 11) is 0. The van der Waals surface area contributed by atoms with Gasteiger partial charge in [0, 0.05) is 12.7 Å². The second-order valence-corrected chi connectivity index (χ2v) is 3.50. The second kappa shape index (κ2) is 4.79. The van der Waals surface area contributed by atoms with E-state index < -0.39 is 0 Å². The first kappa shape index (κ1) is 10.7. The van der Waals surface area contributed by atoms with Crippen molar-refractivity contribution in [3.8, 4) is 0 Å². The van der Waals surface area contributed by atoms with E-state index in [2.05, 4.69) is 10.3 Å². The number of nitrogens with one attached hydrogen (secondary N) is 1. The van der Waals surface area contributed by atoms with Gasteiger partial charge in [-0.05, 0) is 19.1 Å². The molecule has 0 fully saturated rings. The molecule has 0 atom stereocenters. The molecule has 2 rings (SSSR count). The second-order valence-electron chi connectivity index (χ2n) is 3.50. The number of benzene rings is 1. The molecule has 1 aromatic heterocycles. The summed E-state index contributed by atoms with van der Waals surface area (Å²) < 4.78 is 15.3. The number of imidazole rings is 1. The van der Waals surface area contributed by atoms with Gasteiger partial charge in [0.2, 0.25) is 0 Å². The average Bonchev–Trinajstić information content (AvgIpc) is 2.75. The molecule has 1 N–H and O–H groups in total.